The molecular formula is C20H34N2O7S. The summed E-state index contributed by atoms with van der Waals surface area (Å²) in [7, 11) is 0. The van der Waals surface area contributed by atoms with E-state index in [1.165, 1.54) is 4.90 Å². The monoisotopic (exact) mass is 446 g/mol. The van der Waals surface area contributed by atoms with Crippen LogP contribution < -0.4 is 5.32 Å². The fourth-order valence-corrected chi connectivity index (χ4v) is 4.54. The average Bonchev–Trinajstić information content (AvgIpc) is 3.18. The lowest BCUT2D eigenvalue weighted by Gasteiger charge is -2.28. The number of unbranched alkanes of at least 4 members (excludes halogenated alkanes) is 2. The van der Waals surface area contributed by atoms with Gasteiger partial charge in [-0.2, -0.15) is 0 Å². The van der Waals surface area contributed by atoms with Crippen molar-refractivity contribution in [3.8, 4) is 0 Å². The van der Waals surface area contributed by atoms with E-state index in [0.29, 0.717) is 25.8 Å². The molecule has 1 aliphatic heterocycles. The number of thioether (sulfide) groups is 1. The van der Waals surface area contributed by atoms with E-state index in [0.717, 1.165) is 31.0 Å². The highest BCUT2D eigenvalue weighted by Gasteiger charge is 2.37. The topological polar surface area (TPSA) is 133 Å². The maximum atomic E-state index is 12.7. The minimum absolute atomic E-state index is 0.141. The van der Waals surface area contributed by atoms with Gasteiger partial charge in [-0.3, -0.25) is 19.7 Å². The molecular weight excluding hydrogens is 412 g/mol. The van der Waals surface area contributed by atoms with E-state index < -0.39 is 47.2 Å². The SMILES string of the molecule is CCCCC[C@@H](SC[C@H](N[C@H](C)C(=O)N1CCC[C@H]1C(=O)O)C(=O)OCC)C(=O)O. The summed E-state index contributed by atoms with van der Waals surface area (Å²) in [5.74, 6) is -2.77. The van der Waals surface area contributed by atoms with Gasteiger partial charge in [-0.1, -0.05) is 26.2 Å². The Labute approximate surface area is 181 Å². The fourth-order valence-electron chi connectivity index (χ4n) is 3.41. The van der Waals surface area contributed by atoms with E-state index in [9.17, 15) is 29.4 Å². The number of carbonyl (C=O) groups is 4. The molecule has 30 heavy (non-hydrogen) atoms. The molecule has 0 aromatic rings. The van der Waals surface area contributed by atoms with Crippen molar-refractivity contribution in [1.82, 2.24) is 10.2 Å². The molecule has 0 unspecified atom stereocenters. The van der Waals surface area contributed by atoms with E-state index in [-0.39, 0.29) is 12.4 Å². The summed E-state index contributed by atoms with van der Waals surface area (Å²) in [6.45, 7) is 5.81. The maximum absolute atomic E-state index is 12.7. The van der Waals surface area contributed by atoms with Gasteiger partial charge in [-0.15, -0.1) is 11.8 Å². The number of likely N-dealkylation sites (tertiary alicyclic amines) is 1. The molecule has 0 aliphatic carbocycles. The number of aliphatic carboxylic acids is 2. The van der Waals surface area contributed by atoms with Crippen molar-refractivity contribution < 1.29 is 34.1 Å². The van der Waals surface area contributed by atoms with Crippen LogP contribution in [-0.4, -0.2) is 81.2 Å². The Morgan fingerprint density at radius 1 is 1.20 bits per heavy atom. The van der Waals surface area contributed by atoms with Gasteiger partial charge in [0.05, 0.1) is 12.6 Å². The van der Waals surface area contributed by atoms with Gasteiger partial charge in [0.25, 0.3) is 0 Å². The smallest absolute Gasteiger partial charge is 0.326 e. The first-order chi connectivity index (χ1) is 14.2. The summed E-state index contributed by atoms with van der Waals surface area (Å²) in [6.07, 6.45) is 4.24. The maximum Gasteiger partial charge on any atom is 0.326 e. The highest BCUT2D eigenvalue weighted by Crippen LogP contribution is 2.21. The number of carbonyl (C=O) groups excluding carboxylic acids is 2. The first-order valence-corrected chi connectivity index (χ1v) is 11.6. The minimum atomic E-state index is -1.04. The third-order valence-corrected chi connectivity index (χ3v) is 6.39. The third kappa shape index (κ3) is 8.14. The van der Waals surface area contributed by atoms with Crippen LogP contribution in [-0.2, 0) is 23.9 Å². The number of rotatable bonds is 14. The van der Waals surface area contributed by atoms with E-state index >= 15 is 0 Å². The van der Waals surface area contributed by atoms with Gasteiger partial charge in [-0.05, 0) is 33.1 Å². The number of hydrogen-bond donors (Lipinski definition) is 3. The molecule has 1 rings (SSSR count). The summed E-state index contributed by atoms with van der Waals surface area (Å²) in [5, 5.41) is 21.0. The number of nitrogens with zero attached hydrogens (tertiary/aromatic N) is 1. The average molecular weight is 447 g/mol. The molecule has 10 heteroatoms. The molecule has 0 radical (unpaired) electrons. The Kier molecular flexibility index (Phi) is 11.8. The molecule has 0 aromatic heterocycles. The number of ether oxygens (including phenoxy) is 1. The number of hydrogen-bond acceptors (Lipinski definition) is 7. The Morgan fingerprint density at radius 2 is 1.90 bits per heavy atom. The highest BCUT2D eigenvalue weighted by molar-refractivity contribution is 8.00. The summed E-state index contributed by atoms with van der Waals surface area (Å²) in [5.41, 5.74) is 0. The summed E-state index contributed by atoms with van der Waals surface area (Å²) >= 11 is 1.15. The van der Waals surface area contributed by atoms with Crippen molar-refractivity contribution in [2.75, 3.05) is 18.9 Å². The van der Waals surface area contributed by atoms with Crippen molar-refractivity contribution in [1.29, 1.82) is 0 Å². The number of carboxylic acids is 2. The normalized spacial score (nSPS) is 19.2. The molecule has 172 valence electrons. The van der Waals surface area contributed by atoms with Gasteiger partial charge in [0.15, 0.2) is 0 Å². The number of nitrogens with one attached hydrogen (secondary N) is 1. The molecule has 0 spiro atoms. The van der Waals surface area contributed by atoms with Crippen LogP contribution in [0.4, 0.5) is 0 Å². The minimum Gasteiger partial charge on any atom is -0.480 e. The zero-order valence-electron chi connectivity index (χ0n) is 18.0. The Morgan fingerprint density at radius 3 is 2.47 bits per heavy atom. The molecule has 0 bridgehead atoms. The van der Waals surface area contributed by atoms with Gasteiger partial charge in [0.2, 0.25) is 5.91 Å². The largest absolute Gasteiger partial charge is 0.480 e. The second kappa shape index (κ2) is 13.5. The zero-order chi connectivity index (χ0) is 22.7. The molecule has 3 N–H and O–H groups in total. The predicted molar refractivity (Wildman–Crippen MR) is 113 cm³/mol. The van der Waals surface area contributed by atoms with Crippen LogP contribution in [0.2, 0.25) is 0 Å². The van der Waals surface area contributed by atoms with Gasteiger partial charge < -0.3 is 19.8 Å². The highest BCUT2D eigenvalue weighted by atomic mass is 32.2. The van der Waals surface area contributed by atoms with E-state index in [4.69, 9.17) is 4.74 Å². The molecule has 1 saturated heterocycles. The Bertz CT molecular complexity index is 602. The van der Waals surface area contributed by atoms with Crippen molar-refractivity contribution in [3.05, 3.63) is 0 Å². The molecule has 1 amide bonds. The zero-order valence-corrected chi connectivity index (χ0v) is 18.8. The van der Waals surface area contributed by atoms with Crippen LogP contribution in [0, 0.1) is 0 Å². The predicted octanol–water partition coefficient (Wildman–Crippen LogP) is 1.74. The Hall–Kier alpha value is -1.81. The first kappa shape index (κ1) is 26.2. The standard InChI is InChI=1S/C20H34N2O7S/c1-4-6-7-10-16(19(26)27)30-12-14(20(28)29-5-2)21-13(3)17(23)22-11-8-9-15(22)18(24)25/h13-16,21H,4-12H2,1-3H3,(H,24,25)(H,26,27)/t13-,14+,15+,16-/m1/s1. The van der Waals surface area contributed by atoms with E-state index in [1.807, 2.05) is 6.92 Å². The lowest BCUT2D eigenvalue weighted by molar-refractivity contribution is -0.150. The van der Waals surface area contributed by atoms with Crippen LogP contribution in [0.1, 0.15) is 59.3 Å². The van der Waals surface area contributed by atoms with Gasteiger partial charge in [0.1, 0.15) is 17.3 Å². The van der Waals surface area contributed by atoms with Crippen molar-refractivity contribution in [2.24, 2.45) is 0 Å². The van der Waals surface area contributed by atoms with Crippen LogP contribution in [0.15, 0.2) is 0 Å². The second-order valence-electron chi connectivity index (χ2n) is 7.38. The fraction of sp³-hybridized carbons (Fsp3) is 0.800. The summed E-state index contributed by atoms with van der Waals surface area (Å²) in [6, 6.07) is -2.52. The molecule has 1 fully saturated rings. The van der Waals surface area contributed by atoms with Crippen LogP contribution in [0.25, 0.3) is 0 Å². The molecule has 1 aliphatic rings. The summed E-state index contributed by atoms with van der Waals surface area (Å²) < 4.78 is 5.08. The number of amides is 1. The van der Waals surface area contributed by atoms with Crippen LogP contribution in [0.5, 0.6) is 0 Å². The quantitative estimate of drug-likeness (QED) is 0.269. The van der Waals surface area contributed by atoms with Crippen LogP contribution >= 0.6 is 11.8 Å². The third-order valence-electron chi connectivity index (χ3n) is 5.02. The Balaban J connectivity index is 2.77. The molecule has 0 saturated carbocycles. The van der Waals surface area contributed by atoms with Gasteiger partial charge in [-0.25, -0.2) is 4.79 Å². The molecule has 4 atom stereocenters. The van der Waals surface area contributed by atoms with Crippen molar-refractivity contribution >= 4 is 35.6 Å². The lowest BCUT2D eigenvalue weighted by Crippen LogP contribution is -2.54. The van der Waals surface area contributed by atoms with Gasteiger partial charge in [0, 0.05) is 12.3 Å². The van der Waals surface area contributed by atoms with Crippen molar-refractivity contribution in [2.45, 2.75) is 82.7 Å². The van der Waals surface area contributed by atoms with Crippen LogP contribution in [0.3, 0.4) is 0 Å². The lowest BCUT2D eigenvalue weighted by atomic mass is 10.1. The van der Waals surface area contributed by atoms with Gasteiger partial charge >= 0.3 is 17.9 Å². The number of carboxylic acid groups (broad SMARTS) is 2. The van der Waals surface area contributed by atoms with E-state index in [1.54, 1.807) is 13.8 Å². The molecule has 1 heterocycles. The first-order valence-electron chi connectivity index (χ1n) is 10.5. The molecule has 9 nitrogen and oxygen atoms in total. The van der Waals surface area contributed by atoms with Crippen molar-refractivity contribution in [3.63, 3.8) is 0 Å². The number of esters is 1. The second-order valence-corrected chi connectivity index (χ2v) is 8.61. The van der Waals surface area contributed by atoms with E-state index in [2.05, 4.69) is 5.32 Å². The summed E-state index contributed by atoms with van der Waals surface area (Å²) in [4.78, 5) is 49.3. The molecule has 0 aromatic carbocycles.